The van der Waals surface area contributed by atoms with Gasteiger partial charge in [0.2, 0.25) is 5.91 Å². The molecule has 2 heterocycles. The highest BCUT2D eigenvalue weighted by Gasteiger charge is 2.25. The van der Waals surface area contributed by atoms with Gasteiger partial charge in [-0.2, -0.15) is 0 Å². The highest BCUT2D eigenvalue weighted by Crippen LogP contribution is 2.16. The second-order valence-electron chi connectivity index (χ2n) is 6.39. The van der Waals surface area contributed by atoms with Gasteiger partial charge in [0.25, 0.3) is 0 Å². The van der Waals surface area contributed by atoms with Crippen molar-refractivity contribution in [1.29, 1.82) is 0 Å². The van der Waals surface area contributed by atoms with Crippen molar-refractivity contribution in [2.45, 2.75) is 57.5 Å². The zero-order valence-electron chi connectivity index (χ0n) is 12.5. The molecule has 0 radical (unpaired) electrons. The third kappa shape index (κ3) is 4.77. The summed E-state index contributed by atoms with van der Waals surface area (Å²) >= 11 is 0. The number of nitrogens with one attached hydrogen (secondary N) is 2. The van der Waals surface area contributed by atoms with Crippen LogP contribution >= 0.6 is 0 Å². The first-order chi connectivity index (χ1) is 9.15. The Bertz CT molecular complexity index is 289. The molecule has 0 aromatic rings. The van der Waals surface area contributed by atoms with E-state index in [2.05, 4.69) is 29.5 Å². The first-order valence-electron chi connectivity index (χ1n) is 7.86. The number of piperidine rings is 2. The van der Waals surface area contributed by atoms with Gasteiger partial charge in [0, 0.05) is 25.0 Å². The highest BCUT2D eigenvalue weighted by molar-refractivity contribution is 5.76. The minimum atomic E-state index is 0.244. The molecule has 0 aromatic heterocycles. The number of hydrogen-bond acceptors (Lipinski definition) is 3. The van der Waals surface area contributed by atoms with Crippen LogP contribution in [0, 0.1) is 5.92 Å². The van der Waals surface area contributed by atoms with Gasteiger partial charge in [0.1, 0.15) is 0 Å². The van der Waals surface area contributed by atoms with E-state index in [-0.39, 0.29) is 5.91 Å². The molecule has 2 rings (SSSR count). The molecule has 4 heteroatoms. The zero-order chi connectivity index (χ0) is 13.7. The van der Waals surface area contributed by atoms with Crippen molar-refractivity contribution in [2.75, 3.05) is 26.7 Å². The molecule has 2 fully saturated rings. The molecular weight excluding hydrogens is 238 g/mol. The van der Waals surface area contributed by atoms with E-state index >= 15 is 0 Å². The number of amides is 1. The summed E-state index contributed by atoms with van der Waals surface area (Å²) in [5, 5.41) is 6.74. The Morgan fingerprint density at radius 3 is 2.89 bits per heavy atom. The van der Waals surface area contributed by atoms with Gasteiger partial charge < -0.3 is 15.5 Å². The first kappa shape index (κ1) is 14.8. The lowest BCUT2D eigenvalue weighted by Gasteiger charge is -2.35. The normalized spacial score (nSPS) is 33.1. The van der Waals surface area contributed by atoms with E-state index in [1.54, 1.807) is 0 Å². The summed E-state index contributed by atoms with van der Waals surface area (Å²) in [6.07, 6.45) is 6.59. The zero-order valence-corrected chi connectivity index (χ0v) is 12.5. The molecule has 0 aliphatic carbocycles. The number of hydrogen-bond donors (Lipinski definition) is 2. The van der Waals surface area contributed by atoms with Gasteiger partial charge in [-0.05, 0) is 51.7 Å². The first-order valence-corrected chi connectivity index (χ1v) is 7.86. The van der Waals surface area contributed by atoms with Crippen molar-refractivity contribution >= 4 is 5.91 Å². The Kier molecular flexibility index (Phi) is 5.64. The van der Waals surface area contributed by atoms with Crippen LogP contribution in [-0.2, 0) is 4.79 Å². The smallest absolute Gasteiger partial charge is 0.220 e. The van der Waals surface area contributed by atoms with Crippen LogP contribution in [0.3, 0.4) is 0 Å². The number of rotatable bonds is 4. The van der Waals surface area contributed by atoms with Crippen molar-refractivity contribution < 1.29 is 4.79 Å². The molecule has 0 spiro atoms. The minimum absolute atomic E-state index is 0.244. The summed E-state index contributed by atoms with van der Waals surface area (Å²) in [7, 11) is 2.16. The third-order valence-electron chi connectivity index (χ3n) is 4.59. The molecule has 2 aliphatic rings. The van der Waals surface area contributed by atoms with E-state index in [9.17, 15) is 4.79 Å². The predicted octanol–water partition coefficient (Wildman–Crippen LogP) is 1.37. The molecule has 0 bridgehead atoms. The van der Waals surface area contributed by atoms with Gasteiger partial charge >= 0.3 is 0 Å². The van der Waals surface area contributed by atoms with Crippen molar-refractivity contribution in [3.8, 4) is 0 Å². The number of carbonyl (C=O) groups excluding carboxylic acids is 1. The molecule has 0 aromatic carbocycles. The predicted molar refractivity (Wildman–Crippen MR) is 78.1 cm³/mol. The Morgan fingerprint density at radius 2 is 2.21 bits per heavy atom. The quantitative estimate of drug-likeness (QED) is 0.808. The number of nitrogens with zero attached hydrogens (tertiary/aromatic N) is 1. The van der Waals surface area contributed by atoms with E-state index in [1.807, 2.05) is 0 Å². The minimum Gasteiger partial charge on any atom is -0.353 e. The fourth-order valence-electron chi connectivity index (χ4n) is 3.32. The Labute approximate surface area is 117 Å². The molecule has 19 heavy (non-hydrogen) atoms. The largest absolute Gasteiger partial charge is 0.353 e. The van der Waals surface area contributed by atoms with Gasteiger partial charge in [-0.25, -0.2) is 0 Å². The fraction of sp³-hybridized carbons (Fsp3) is 0.933. The van der Waals surface area contributed by atoms with Crippen LogP contribution in [0.2, 0.25) is 0 Å². The van der Waals surface area contributed by atoms with Crippen LogP contribution < -0.4 is 10.6 Å². The standard InChI is InChI=1S/C15H29N3O/c1-12-11-18(2)10-8-14(12)17-15(19)7-6-13-5-3-4-9-16-13/h12-14,16H,3-11H2,1-2H3,(H,17,19). The molecular formula is C15H29N3O. The van der Waals surface area contributed by atoms with Crippen LogP contribution in [-0.4, -0.2) is 49.6 Å². The van der Waals surface area contributed by atoms with E-state index in [4.69, 9.17) is 0 Å². The van der Waals surface area contributed by atoms with Crippen molar-refractivity contribution in [1.82, 2.24) is 15.5 Å². The van der Waals surface area contributed by atoms with Gasteiger partial charge in [-0.1, -0.05) is 13.3 Å². The van der Waals surface area contributed by atoms with E-state index in [0.717, 1.165) is 32.5 Å². The summed E-state index contributed by atoms with van der Waals surface area (Å²) in [5.74, 6) is 0.810. The summed E-state index contributed by atoms with van der Waals surface area (Å²) < 4.78 is 0. The molecule has 110 valence electrons. The summed E-state index contributed by atoms with van der Waals surface area (Å²) in [4.78, 5) is 14.4. The summed E-state index contributed by atoms with van der Waals surface area (Å²) in [6.45, 7) is 5.55. The van der Waals surface area contributed by atoms with Crippen LogP contribution in [0.25, 0.3) is 0 Å². The van der Waals surface area contributed by atoms with Crippen LogP contribution in [0.4, 0.5) is 0 Å². The third-order valence-corrected chi connectivity index (χ3v) is 4.59. The van der Waals surface area contributed by atoms with Crippen LogP contribution in [0.1, 0.15) is 45.4 Å². The molecule has 1 amide bonds. The molecule has 3 atom stereocenters. The van der Waals surface area contributed by atoms with Gasteiger partial charge in [0.15, 0.2) is 0 Å². The molecule has 4 nitrogen and oxygen atoms in total. The molecule has 2 saturated heterocycles. The lowest BCUT2D eigenvalue weighted by molar-refractivity contribution is -0.122. The molecule has 2 N–H and O–H groups in total. The van der Waals surface area contributed by atoms with Crippen molar-refractivity contribution in [2.24, 2.45) is 5.92 Å². The SMILES string of the molecule is CC1CN(C)CCC1NC(=O)CCC1CCCCN1. The maximum absolute atomic E-state index is 12.0. The highest BCUT2D eigenvalue weighted by atomic mass is 16.1. The van der Waals surface area contributed by atoms with Gasteiger partial charge in [0.05, 0.1) is 0 Å². The van der Waals surface area contributed by atoms with E-state index in [0.29, 0.717) is 24.4 Å². The molecule has 3 unspecified atom stereocenters. The Balaban J connectivity index is 1.66. The average Bonchev–Trinajstić information content (AvgIpc) is 2.41. The van der Waals surface area contributed by atoms with E-state index in [1.165, 1.54) is 19.3 Å². The van der Waals surface area contributed by atoms with Crippen molar-refractivity contribution in [3.63, 3.8) is 0 Å². The van der Waals surface area contributed by atoms with Crippen molar-refractivity contribution in [3.05, 3.63) is 0 Å². The topological polar surface area (TPSA) is 44.4 Å². The lowest BCUT2D eigenvalue weighted by atomic mass is 9.94. The lowest BCUT2D eigenvalue weighted by Crippen LogP contribution is -2.49. The van der Waals surface area contributed by atoms with E-state index < -0.39 is 0 Å². The Morgan fingerprint density at radius 1 is 1.37 bits per heavy atom. The maximum atomic E-state index is 12.0. The monoisotopic (exact) mass is 267 g/mol. The van der Waals surface area contributed by atoms with Gasteiger partial charge in [-0.15, -0.1) is 0 Å². The number of likely N-dealkylation sites (tertiary alicyclic amines) is 1. The second-order valence-corrected chi connectivity index (χ2v) is 6.39. The summed E-state index contributed by atoms with van der Waals surface area (Å²) in [5.41, 5.74) is 0. The molecule has 2 aliphatic heterocycles. The average molecular weight is 267 g/mol. The van der Waals surface area contributed by atoms with Crippen LogP contribution in [0.5, 0.6) is 0 Å². The van der Waals surface area contributed by atoms with Crippen LogP contribution in [0.15, 0.2) is 0 Å². The van der Waals surface area contributed by atoms with Gasteiger partial charge in [-0.3, -0.25) is 4.79 Å². The maximum Gasteiger partial charge on any atom is 0.220 e. The summed E-state index contributed by atoms with van der Waals surface area (Å²) in [6, 6.07) is 0.942. The second kappa shape index (κ2) is 7.25. The Hall–Kier alpha value is -0.610. The number of carbonyl (C=O) groups is 1. The molecule has 0 saturated carbocycles. The fourth-order valence-corrected chi connectivity index (χ4v) is 3.32.